The number of hydrogen-bond donors (Lipinski definition) is 1. The smallest absolute Gasteiger partial charge is 0.328 e. The maximum absolute atomic E-state index is 13.5. The van der Waals surface area contributed by atoms with Crippen molar-refractivity contribution in [1.29, 1.82) is 0 Å². The van der Waals surface area contributed by atoms with Gasteiger partial charge < -0.3 is 9.84 Å². The van der Waals surface area contributed by atoms with Crippen molar-refractivity contribution in [2.24, 2.45) is 0 Å². The van der Waals surface area contributed by atoms with Gasteiger partial charge in [-0.1, -0.05) is 17.7 Å². The Morgan fingerprint density at radius 2 is 2.19 bits per heavy atom. The van der Waals surface area contributed by atoms with Crippen LogP contribution in [0.3, 0.4) is 0 Å². The van der Waals surface area contributed by atoms with E-state index in [4.69, 9.17) is 21.4 Å². The second-order valence-corrected chi connectivity index (χ2v) is 4.49. The number of aromatic nitrogens is 1. The fourth-order valence-electron chi connectivity index (χ4n) is 1.56. The van der Waals surface area contributed by atoms with Crippen molar-refractivity contribution in [2.75, 3.05) is 0 Å². The molecule has 6 heteroatoms. The van der Waals surface area contributed by atoms with Gasteiger partial charge in [-0.2, -0.15) is 0 Å². The largest absolute Gasteiger partial charge is 0.487 e. The van der Waals surface area contributed by atoms with E-state index in [0.717, 1.165) is 6.08 Å². The van der Waals surface area contributed by atoms with Gasteiger partial charge in [0.05, 0.1) is 16.9 Å². The highest BCUT2D eigenvalue weighted by Gasteiger charge is 2.07. The van der Waals surface area contributed by atoms with Crippen LogP contribution < -0.4 is 4.74 Å². The van der Waals surface area contributed by atoms with E-state index < -0.39 is 11.8 Å². The van der Waals surface area contributed by atoms with Crippen molar-refractivity contribution in [2.45, 2.75) is 6.61 Å². The predicted molar refractivity (Wildman–Crippen MR) is 76.6 cm³/mol. The van der Waals surface area contributed by atoms with E-state index in [1.54, 1.807) is 18.2 Å². The normalized spacial score (nSPS) is 10.8. The Balaban J connectivity index is 2.02. The highest BCUT2D eigenvalue weighted by atomic mass is 35.5. The molecule has 0 radical (unpaired) electrons. The van der Waals surface area contributed by atoms with Crippen LogP contribution in [0.15, 0.2) is 42.6 Å². The third-order valence-corrected chi connectivity index (χ3v) is 2.95. The fraction of sp³-hybridized carbons (Fsp3) is 0.0667. The molecule has 1 aromatic heterocycles. The SMILES string of the molecule is O=C(O)C=Cc1ccc(OCc2c(F)cccc2Cl)cn1. The Labute approximate surface area is 125 Å². The lowest BCUT2D eigenvalue weighted by Crippen LogP contribution is -2.00. The Hall–Kier alpha value is -2.40. The number of rotatable bonds is 5. The van der Waals surface area contributed by atoms with Crippen LogP contribution in [-0.4, -0.2) is 16.1 Å². The lowest BCUT2D eigenvalue weighted by molar-refractivity contribution is -0.131. The number of pyridine rings is 1. The van der Waals surface area contributed by atoms with Gasteiger partial charge in [-0.15, -0.1) is 0 Å². The van der Waals surface area contributed by atoms with Crippen molar-refractivity contribution in [3.05, 3.63) is 64.7 Å². The zero-order valence-electron chi connectivity index (χ0n) is 10.8. The summed E-state index contributed by atoms with van der Waals surface area (Å²) in [5.74, 6) is -1.05. The summed E-state index contributed by atoms with van der Waals surface area (Å²) in [6.45, 7) is -0.0164. The minimum Gasteiger partial charge on any atom is -0.487 e. The van der Waals surface area contributed by atoms with Gasteiger partial charge in [-0.3, -0.25) is 4.98 Å². The van der Waals surface area contributed by atoms with E-state index in [0.29, 0.717) is 16.5 Å². The quantitative estimate of drug-likeness (QED) is 0.858. The van der Waals surface area contributed by atoms with Crippen LogP contribution in [0.1, 0.15) is 11.3 Å². The molecule has 2 aromatic rings. The summed E-state index contributed by atoms with van der Waals surface area (Å²) in [5, 5.41) is 8.80. The van der Waals surface area contributed by atoms with Crippen LogP contribution in [0.5, 0.6) is 5.75 Å². The molecular weight excluding hydrogens is 297 g/mol. The monoisotopic (exact) mass is 307 g/mol. The van der Waals surface area contributed by atoms with E-state index in [2.05, 4.69) is 4.98 Å². The molecule has 2 rings (SSSR count). The molecule has 4 nitrogen and oxygen atoms in total. The van der Waals surface area contributed by atoms with Gasteiger partial charge >= 0.3 is 5.97 Å². The van der Waals surface area contributed by atoms with Crippen LogP contribution in [0.2, 0.25) is 5.02 Å². The molecule has 0 unspecified atom stereocenters. The third kappa shape index (κ3) is 4.29. The molecule has 1 N–H and O–H groups in total. The second-order valence-electron chi connectivity index (χ2n) is 4.08. The van der Waals surface area contributed by atoms with Gasteiger partial charge in [0, 0.05) is 11.6 Å². The highest BCUT2D eigenvalue weighted by molar-refractivity contribution is 6.31. The Kier molecular flexibility index (Phi) is 4.90. The molecule has 0 fully saturated rings. The van der Waals surface area contributed by atoms with Gasteiger partial charge in [0.1, 0.15) is 18.2 Å². The fourth-order valence-corrected chi connectivity index (χ4v) is 1.78. The third-order valence-electron chi connectivity index (χ3n) is 2.60. The van der Waals surface area contributed by atoms with Gasteiger partial charge in [-0.05, 0) is 30.3 Å². The maximum atomic E-state index is 13.5. The summed E-state index contributed by atoms with van der Waals surface area (Å²) >= 11 is 5.89. The number of carboxylic acid groups (broad SMARTS) is 1. The molecule has 0 atom stereocenters. The molecule has 0 bridgehead atoms. The number of carboxylic acids is 1. The summed E-state index contributed by atoms with van der Waals surface area (Å²) in [5.41, 5.74) is 0.752. The topological polar surface area (TPSA) is 59.4 Å². The van der Waals surface area contributed by atoms with E-state index >= 15 is 0 Å². The van der Waals surface area contributed by atoms with Crippen LogP contribution >= 0.6 is 11.6 Å². The van der Waals surface area contributed by atoms with E-state index in [9.17, 15) is 9.18 Å². The highest BCUT2D eigenvalue weighted by Crippen LogP contribution is 2.21. The number of ether oxygens (including phenoxy) is 1. The second kappa shape index (κ2) is 6.85. The predicted octanol–water partition coefficient (Wildman–Crippen LogP) is 3.55. The van der Waals surface area contributed by atoms with Crippen molar-refractivity contribution >= 4 is 23.6 Å². The molecule has 21 heavy (non-hydrogen) atoms. The molecular formula is C15H11ClFNO3. The van der Waals surface area contributed by atoms with Crippen molar-refractivity contribution in [3.8, 4) is 5.75 Å². The number of hydrogen-bond acceptors (Lipinski definition) is 3. The summed E-state index contributed by atoms with van der Waals surface area (Å²) < 4.78 is 19.0. The van der Waals surface area contributed by atoms with Crippen LogP contribution in [0, 0.1) is 5.82 Å². The average molecular weight is 308 g/mol. The molecule has 0 saturated carbocycles. The number of aliphatic carboxylic acids is 1. The minimum atomic E-state index is -1.05. The number of halogens is 2. The van der Waals surface area contributed by atoms with Crippen LogP contribution in [-0.2, 0) is 11.4 Å². The molecule has 0 aliphatic carbocycles. The first-order chi connectivity index (χ1) is 10.1. The van der Waals surface area contributed by atoms with Crippen molar-refractivity contribution < 1.29 is 19.0 Å². The zero-order valence-corrected chi connectivity index (χ0v) is 11.5. The maximum Gasteiger partial charge on any atom is 0.328 e. The van der Waals surface area contributed by atoms with Crippen molar-refractivity contribution in [3.63, 3.8) is 0 Å². The summed E-state index contributed by atoms with van der Waals surface area (Å²) in [7, 11) is 0. The Morgan fingerprint density at radius 1 is 1.38 bits per heavy atom. The molecule has 0 amide bonds. The molecule has 0 aliphatic rings. The zero-order chi connectivity index (χ0) is 15.2. The minimum absolute atomic E-state index is 0.0164. The van der Waals surface area contributed by atoms with Crippen LogP contribution in [0.4, 0.5) is 4.39 Å². The summed E-state index contributed by atoms with van der Waals surface area (Å²) in [6.07, 6.45) is 3.78. The first kappa shape index (κ1) is 15.0. The Morgan fingerprint density at radius 3 is 2.81 bits per heavy atom. The molecule has 0 aliphatic heterocycles. The Bertz CT molecular complexity index is 651. The summed E-state index contributed by atoms with van der Waals surface area (Å²) in [6, 6.07) is 7.62. The molecule has 108 valence electrons. The lowest BCUT2D eigenvalue weighted by atomic mass is 10.2. The molecule has 0 saturated heterocycles. The summed E-state index contributed by atoms with van der Waals surface area (Å²) in [4.78, 5) is 14.4. The average Bonchev–Trinajstić information content (AvgIpc) is 2.46. The van der Waals surface area contributed by atoms with Gasteiger partial charge in [0.25, 0.3) is 0 Å². The van der Waals surface area contributed by atoms with E-state index in [1.807, 2.05) is 0 Å². The van der Waals surface area contributed by atoms with E-state index in [-0.39, 0.29) is 12.2 Å². The standard InChI is InChI=1S/C15H11ClFNO3/c16-13-2-1-3-14(17)12(13)9-21-11-6-4-10(18-8-11)5-7-15(19)20/h1-8H,9H2,(H,19,20). The first-order valence-electron chi connectivity index (χ1n) is 5.99. The number of benzene rings is 1. The molecule has 1 heterocycles. The first-order valence-corrected chi connectivity index (χ1v) is 6.37. The van der Waals surface area contributed by atoms with Crippen LogP contribution in [0.25, 0.3) is 6.08 Å². The molecule has 0 spiro atoms. The van der Waals surface area contributed by atoms with Gasteiger partial charge in [-0.25, -0.2) is 9.18 Å². The lowest BCUT2D eigenvalue weighted by Gasteiger charge is -2.08. The number of nitrogens with zero attached hydrogens (tertiary/aromatic N) is 1. The van der Waals surface area contributed by atoms with Crippen molar-refractivity contribution in [1.82, 2.24) is 4.98 Å². The van der Waals surface area contributed by atoms with E-state index in [1.165, 1.54) is 24.4 Å². The molecule has 1 aromatic carbocycles. The van der Waals surface area contributed by atoms with Gasteiger partial charge in [0.15, 0.2) is 0 Å². The number of carbonyl (C=O) groups is 1. The van der Waals surface area contributed by atoms with Gasteiger partial charge in [0.2, 0.25) is 0 Å².